The first-order valence-corrected chi connectivity index (χ1v) is 8.63. The molecule has 0 amide bonds. The Hall–Kier alpha value is -0.220. The summed E-state index contributed by atoms with van der Waals surface area (Å²) in [5.74, 6) is 3.37. The van der Waals surface area contributed by atoms with Crippen LogP contribution in [0.15, 0.2) is 0 Å². The van der Waals surface area contributed by atoms with E-state index in [1.807, 2.05) is 14.0 Å². The molecule has 0 aromatic heterocycles. The molecule has 3 nitrogen and oxygen atoms in total. The minimum Gasteiger partial charge on any atom is -0.468 e. The molecule has 19 heavy (non-hydrogen) atoms. The van der Waals surface area contributed by atoms with Crippen LogP contribution in [0.3, 0.4) is 0 Å². The van der Waals surface area contributed by atoms with E-state index in [-0.39, 0.29) is 5.97 Å². The zero-order valence-corrected chi connectivity index (χ0v) is 13.5. The van der Waals surface area contributed by atoms with Crippen LogP contribution in [0, 0.1) is 5.92 Å². The first-order chi connectivity index (χ1) is 9.12. The smallest absolute Gasteiger partial charge is 0.325 e. The highest BCUT2D eigenvalue weighted by atomic mass is 32.2. The van der Waals surface area contributed by atoms with Crippen LogP contribution in [0.5, 0.6) is 0 Å². The van der Waals surface area contributed by atoms with Crippen LogP contribution in [-0.2, 0) is 9.53 Å². The fourth-order valence-corrected chi connectivity index (χ4v) is 3.91. The molecular weight excluding hydrogens is 258 g/mol. The van der Waals surface area contributed by atoms with Crippen molar-refractivity contribution in [1.29, 1.82) is 0 Å². The maximum atomic E-state index is 11.7. The SMILES string of the molecule is CNC(C)(CCCCSCC1CCCC1)C(=O)OC. The molecule has 0 bridgehead atoms. The lowest BCUT2D eigenvalue weighted by molar-refractivity contribution is -0.148. The Morgan fingerprint density at radius 3 is 2.63 bits per heavy atom. The van der Waals surface area contributed by atoms with Crippen molar-refractivity contribution >= 4 is 17.7 Å². The van der Waals surface area contributed by atoms with E-state index in [2.05, 4.69) is 17.1 Å². The number of carbonyl (C=O) groups excluding carboxylic acids is 1. The molecule has 0 aromatic carbocycles. The van der Waals surface area contributed by atoms with E-state index < -0.39 is 5.54 Å². The van der Waals surface area contributed by atoms with Crippen LogP contribution >= 0.6 is 11.8 Å². The number of hydrogen-bond acceptors (Lipinski definition) is 4. The largest absolute Gasteiger partial charge is 0.468 e. The number of rotatable bonds is 9. The van der Waals surface area contributed by atoms with Gasteiger partial charge in [0.1, 0.15) is 5.54 Å². The van der Waals surface area contributed by atoms with E-state index >= 15 is 0 Å². The van der Waals surface area contributed by atoms with Crippen LogP contribution in [-0.4, -0.2) is 37.2 Å². The summed E-state index contributed by atoms with van der Waals surface area (Å²) >= 11 is 2.09. The lowest BCUT2D eigenvalue weighted by Crippen LogP contribution is -2.48. The maximum absolute atomic E-state index is 11.7. The molecule has 0 radical (unpaired) electrons. The summed E-state index contributed by atoms with van der Waals surface area (Å²) in [4.78, 5) is 11.7. The Labute approximate surface area is 122 Å². The minimum absolute atomic E-state index is 0.159. The van der Waals surface area contributed by atoms with Crippen molar-refractivity contribution in [2.24, 2.45) is 5.92 Å². The molecule has 1 atom stereocenters. The van der Waals surface area contributed by atoms with Gasteiger partial charge in [-0.15, -0.1) is 0 Å². The van der Waals surface area contributed by atoms with Gasteiger partial charge in [-0.25, -0.2) is 0 Å². The Morgan fingerprint density at radius 2 is 2.05 bits per heavy atom. The summed E-state index contributed by atoms with van der Waals surface area (Å²) in [6.45, 7) is 1.92. The van der Waals surface area contributed by atoms with Crippen molar-refractivity contribution in [3.8, 4) is 0 Å². The number of hydrogen-bond donors (Lipinski definition) is 1. The van der Waals surface area contributed by atoms with E-state index in [1.54, 1.807) is 0 Å². The molecule has 1 aliphatic carbocycles. The van der Waals surface area contributed by atoms with Crippen LogP contribution < -0.4 is 5.32 Å². The highest BCUT2D eigenvalue weighted by Crippen LogP contribution is 2.28. The van der Waals surface area contributed by atoms with Crippen molar-refractivity contribution in [3.05, 3.63) is 0 Å². The van der Waals surface area contributed by atoms with Crippen molar-refractivity contribution in [1.82, 2.24) is 5.32 Å². The Kier molecular flexibility index (Phi) is 7.84. The molecule has 0 aliphatic heterocycles. The van der Waals surface area contributed by atoms with Gasteiger partial charge >= 0.3 is 5.97 Å². The minimum atomic E-state index is -0.523. The number of esters is 1. The van der Waals surface area contributed by atoms with Gasteiger partial charge in [0.05, 0.1) is 7.11 Å². The van der Waals surface area contributed by atoms with E-state index in [1.165, 1.54) is 50.7 Å². The molecule has 4 heteroatoms. The summed E-state index contributed by atoms with van der Waals surface area (Å²) < 4.78 is 4.85. The lowest BCUT2D eigenvalue weighted by atomic mass is 9.95. The number of methoxy groups -OCH3 is 1. The van der Waals surface area contributed by atoms with Crippen molar-refractivity contribution < 1.29 is 9.53 Å². The molecule has 112 valence electrons. The zero-order chi connectivity index (χ0) is 14.1. The highest BCUT2D eigenvalue weighted by Gasteiger charge is 2.31. The maximum Gasteiger partial charge on any atom is 0.325 e. The zero-order valence-electron chi connectivity index (χ0n) is 12.7. The fourth-order valence-electron chi connectivity index (χ4n) is 2.66. The van der Waals surface area contributed by atoms with E-state index in [9.17, 15) is 4.79 Å². The average Bonchev–Trinajstić information content (AvgIpc) is 2.94. The van der Waals surface area contributed by atoms with Crippen LogP contribution in [0.1, 0.15) is 51.9 Å². The second-order valence-electron chi connectivity index (χ2n) is 5.76. The van der Waals surface area contributed by atoms with Crippen molar-refractivity contribution in [3.63, 3.8) is 0 Å². The second kappa shape index (κ2) is 8.85. The molecule has 1 rings (SSSR count). The second-order valence-corrected chi connectivity index (χ2v) is 6.91. The topological polar surface area (TPSA) is 38.3 Å². The number of nitrogens with one attached hydrogen (secondary N) is 1. The quantitative estimate of drug-likeness (QED) is 0.522. The van der Waals surface area contributed by atoms with Gasteiger partial charge < -0.3 is 10.1 Å². The standard InChI is InChI=1S/C15H29NO2S/c1-15(16-2,14(17)18-3)10-6-7-11-19-12-13-8-4-5-9-13/h13,16H,4-12H2,1-3H3. The fraction of sp³-hybridized carbons (Fsp3) is 0.933. The lowest BCUT2D eigenvalue weighted by Gasteiger charge is -2.25. The third-order valence-corrected chi connectivity index (χ3v) is 5.52. The number of thioether (sulfide) groups is 1. The average molecular weight is 287 g/mol. The number of likely N-dealkylation sites (N-methyl/N-ethyl adjacent to an activating group) is 1. The van der Waals surface area contributed by atoms with Gasteiger partial charge in [0.25, 0.3) is 0 Å². The van der Waals surface area contributed by atoms with Gasteiger partial charge in [0.2, 0.25) is 0 Å². The van der Waals surface area contributed by atoms with Crippen LogP contribution in [0.2, 0.25) is 0 Å². The Bertz CT molecular complexity index is 267. The van der Waals surface area contributed by atoms with Gasteiger partial charge in [-0.1, -0.05) is 19.3 Å². The molecule has 1 aliphatic rings. The Balaban J connectivity index is 2.06. The van der Waals surface area contributed by atoms with Gasteiger partial charge in [0, 0.05) is 0 Å². The molecular formula is C15H29NO2S. The van der Waals surface area contributed by atoms with Crippen molar-refractivity contribution in [2.75, 3.05) is 25.7 Å². The predicted octanol–water partition coefficient (Wildman–Crippen LogP) is 3.23. The molecule has 0 spiro atoms. The molecule has 0 saturated heterocycles. The molecule has 1 unspecified atom stereocenters. The molecule has 1 N–H and O–H groups in total. The van der Waals surface area contributed by atoms with Crippen LogP contribution in [0.25, 0.3) is 0 Å². The summed E-state index contributed by atoms with van der Waals surface area (Å²) in [5, 5.41) is 3.08. The molecule has 0 aromatic rings. The van der Waals surface area contributed by atoms with Gasteiger partial charge in [-0.3, -0.25) is 4.79 Å². The van der Waals surface area contributed by atoms with Gasteiger partial charge in [-0.2, -0.15) is 11.8 Å². The summed E-state index contributed by atoms with van der Waals surface area (Å²) in [7, 11) is 3.28. The first-order valence-electron chi connectivity index (χ1n) is 7.47. The molecule has 1 fully saturated rings. The third-order valence-electron chi connectivity index (χ3n) is 4.23. The van der Waals surface area contributed by atoms with E-state index in [0.717, 1.165) is 18.8 Å². The third kappa shape index (κ3) is 5.74. The monoisotopic (exact) mass is 287 g/mol. The summed E-state index contributed by atoms with van der Waals surface area (Å²) in [5.41, 5.74) is -0.523. The Morgan fingerprint density at radius 1 is 1.37 bits per heavy atom. The van der Waals surface area contributed by atoms with Crippen LogP contribution in [0.4, 0.5) is 0 Å². The molecule has 1 saturated carbocycles. The number of carbonyl (C=O) groups is 1. The van der Waals surface area contributed by atoms with Gasteiger partial charge in [-0.05, 0) is 57.1 Å². The number of ether oxygens (including phenoxy) is 1. The van der Waals surface area contributed by atoms with Crippen molar-refractivity contribution in [2.45, 2.75) is 57.4 Å². The normalized spacial score (nSPS) is 19.3. The van der Waals surface area contributed by atoms with Gasteiger partial charge in [0.15, 0.2) is 0 Å². The van der Waals surface area contributed by atoms with E-state index in [0.29, 0.717) is 0 Å². The summed E-state index contributed by atoms with van der Waals surface area (Å²) in [6.07, 6.45) is 8.85. The highest BCUT2D eigenvalue weighted by molar-refractivity contribution is 7.99. The number of unbranched alkanes of at least 4 members (excludes halogenated alkanes) is 1. The predicted molar refractivity (Wildman–Crippen MR) is 82.6 cm³/mol. The first kappa shape index (κ1) is 16.8. The van der Waals surface area contributed by atoms with E-state index in [4.69, 9.17) is 4.74 Å². The molecule has 0 heterocycles. The summed E-state index contributed by atoms with van der Waals surface area (Å²) in [6, 6.07) is 0.